The van der Waals surface area contributed by atoms with Crippen molar-refractivity contribution in [3.8, 4) is 0 Å². The van der Waals surface area contributed by atoms with Crippen LogP contribution in [-0.2, 0) is 16.6 Å². The molecule has 0 atom stereocenters. The molecule has 0 heterocycles. The molecule has 0 saturated carbocycles. The molecule has 114 valence electrons. The second kappa shape index (κ2) is 9.05. The van der Waals surface area contributed by atoms with E-state index in [9.17, 15) is 12.8 Å². The van der Waals surface area contributed by atoms with E-state index in [-0.39, 0.29) is 18.1 Å². The smallest absolute Gasteiger partial charge is 0.211 e. The van der Waals surface area contributed by atoms with Crippen molar-refractivity contribution >= 4 is 10.0 Å². The van der Waals surface area contributed by atoms with Crippen LogP contribution in [-0.4, -0.2) is 27.3 Å². The van der Waals surface area contributed by atoms with E-state index in [0.717, 1.165) is 25.9 Å². The molecule has 1 aromatic carbocycles. The Labute approximate surface area is 120 Å². The van der Waals surface area contributed by atoms with Gasteiger partial charge in [0, 0.05) is 6.54 Å². The van der Waals surface area contributed by atoms with E-state index >= 15 is 0 Å². The van der Waals surface area contributed by atoms with Crippen LogP contribution in [0.15, 0.2) is 24.3 Å². The largest absolute Gasteiger partial charge is 0.317 e. The Morgan fingerprint density at radius 1 is 1.20 bits per heavy atom. The van der Waals surface area contributed by atoms with Gasteiger partial charge >= 0.3 is 0 Å². The van der Waals surface area contributed by atoms with E-state index in [1.54, 1.807) is 12.1 Å². The molecule has 0 aliphatic rings. The van der Waals surface area contributed by atoms with Crippen molar-refractivity contribution in [3.05, 3.63) is 35.6 Å². The third-order valence-electron chi connectivity index (χ3n) is 2.83. The summed E-state index contributed by atoms with van der Waals surface area (Å²) in [5, 5.41) is 3.23. The van der Waals surface area contributed by atoms with Gasteiger partial charge in [0.05, 0.1) is 5.75 Å². The molecule has 0 bridgehead atoms. The highest BCUT2D eigenvalue weighted by Crippen LogP contribution is 2.04. The van der Waals surface area contributed by atoms with Crippen LogP contribution < -0.4 is 10.0 Å². The van der Waals surface area contributed by atoms with Gasteiger partial charge in [-0.15, -0.1) is 0 Å². The van der Waals surface area contributed by atoms with Crippen molar-refractivity contribution in [1.29, 1.82) is 0 Å². The molecule has 4 nitrogen and oxygen atoms in total. The summed E-state index contributed by atoms with van der Waals surface area (Å²) in [6.45, 7) is 4.03. The number of nitrogens with one attached hydrogen (secondary N) is 2. The maximum absolute atomic E-state index is 13.0. The summed E-state index contributed by atoms with van der Waals surface area (Å²) in [6, 6.07) is 5.93. The van der Waals surface area contributed by atoms with Gasteiger partial charge in [0.2, 0.25) is 10.0 Å². The Morgan fingerprint density at radius 3 is 2.70 bits per heavy atom. The lowest BCUT2D eigenvalue weighted by molar-refractivity contribution is 0.572. The van der Waals surface area contributed by atoms with Crippen molar-refractivity contribution in [2.75, 3.05) is 18.8 Å². The van der Waals surface area contributed by atoms with Gasteiger partial charge < -0.3 is 5.32 Å². The van der Waals surface area contributed by atoms with Crippen LogP contribution in [0, 0.1) is 5.82 Å². The molecule has 0 spiro atoms. The second-order valence-electron chi connectivity index (χ2n) is 4.73. The van der Waals surface area contributed by atoms with E-state index in [0.29, 0.717) is 12.0 Å². The fourth-order valence-corrected chi connectivity index (χ4v) is 2.87. The monoisotopic (exact) mass is 302 g/mol. The highest BCUT2D eigenvalue weighted by molar-refractivity contribution is 7.89. The molecule has 0 saturated heterocycles. The highest BCUT2D eigenvalue weighted by Gasteiger charge is 2.09. The number of halogens is 1. The Morgan fingerprint density at radius 2 is 2.00 bits per heavy atom. The van der Waals surface area contributed by atoms with Gasteiger partial charge in [-0.25, -0.2) is 17.5 Å². The third-order valence-corrected chi connectivity index (χ3v) is 4.24. The Hall–Kier alpha value is -0.980. The summed E-state index contributed by atoms with van der Waals surface area (Å²) in [5.41, 5.74) is 0.623. The standard InChI is InChI=1S/C14H23FN2O2S/c1-2-8-16-9-3-4-10-20(18,19)17-12-13-6-5-7-14(15)11-13/h5-7,11,16-17H,2-4,8-10,12H2,1H3. The van der Waals surface area contributed by atoms with Crippen molar-refractivity contribution < 1.29 is 12.8 Å². The minimum absolute atomic E-state index is 0.107. The van der Waals surface area contributed by atoms with Gasteiger partial charge in [0.25, 0.3) is 0 Å². The molecule has 0 radical (unpaired) electrons. The van der Waals surface area contributed by atoms with E-state index in [1.165, 1.54) is 12.1 Å². The Kier molecular flexibility index (Phi) is 7.72. The van der Waals surface area contributed by atoms with Crippen LogP contribution >= 0.6 is 0 Å². The molecular formula is C14H23FN2O2S. The van der Waals surface area contributed by atoms with Crippen LogP contribution in [0.2, 0.25) is 0 Å². The molecule has 2 N–H and O–H groups in total. The summed E-state index contributed by atoms with van der Waals surface area (Å²) in [6.07, 6.45) is 2.53. The lowest BCUT2D eigenvalue weighted by atomic mass is 10.2. The summed E-state index contributed by atoms with van der Waals surface area (Å²) in [5.74, 6) is -0.250. The van der Waals surface area contributed by atoms with Crippen LogP contribution in [0.3, 0.4) is 0 Å². The maximum atomic E-state index is 13.0. The molecule has 20 heavy (non-hydrogen) atoms. The van der Waals surface area contributed by atoms with Crippen LogP contribution in [0.1, 0.15) is 31.7 Å². The average Bonchev–Trinajstić information content (AvgIpc) is 2.41. The number of sulfonamides is 1. The first-order chi connectivity index (χ1) is 9.53. The molecule has 0 amide bonds. The number of rotatable bonds is 10. The van der Waals surface area contributed by atoms with Gasteiger partial charge in [0.1, 0.15) is 5.82 Å². The van der Waals surface area contributed by atoms with Gasteiger partial charge in [-0.3, -0.25) is 0 Å². The third kappa shape index (κ3) is 7.57. The average molecular weight is 302 g/mol. The quantitative estimate of drug-likeness (QED) is 0.650. The Balaban J connectivity index is 2.24. The number of benzene rings is 1. The first-order valence-electron chi connectivity index (χ1n) is 6.96. The summed E-state index contributed by atoms with van der Waals surface area (Å²) >= 11 is 0. The fourth-order valence-electron chi connectivity index (χ4n) is 1.76. The highest BCUT2D eigenvalue weighted by atomic mass is 32.2. The molecule has 0 unspecified atom stereocenters. The predicted octanol–water partition coefficient (Wildman–Crippen LogP) is 2.02. The SMILES string of the molecule is CCCNCCCCS(=O)(=O)NCc1cccc(F)c1. The zero-order valence-electron chi connectivity index (χ0n) is 11.9. The minimum atomic E-state index is -3.29. The number of hydrogen-bond donors (Lipinski definition) is 2. The molecule has 0 aliphatic carbocycles. The van der Waals surface area contributed by atoms with E-state index in [4.69, 9.17) is 0 Å². The van der Waals surface area contributed by atoms with Crippen molar-refractivity contribution in [3.63, 3.8) is 0 Å². The van der Waals surface area contributed by atoms with Gasteiger partial charge in [-0.2, -0.15) is 0 Å². The maximum Gasteiger partial charge on any atom is 0.211 e. The van der Waals surface area contributed by atoms with E-state index in [1.807, 2.05) is 0 Å². The lowest BCUT2D eigenvalue weighted by Crippen LogP contribution is -2.26. The minimum Gasteiger partial charge on any atom is -0.317 e. The van der Waals surface area contributed by atoms with Crippen molar-refractivity contribution in [2.24, 2.45) is 0 Å². The van der Waals surface area contributed by atoms with Gasteiger partial charge in [-0.05, 0) is 50.0 Å². The van der Waals surface area contributed by atoms with Crippen molar-refractivity contribution in [1.82, 2.24) is 10.0 Å². The number of unbranched alkanes of at least 4 members (excludes halogenated alkanes) is 1. The summed E-state index contributed by atoms with van der Waals surface area (Å²) in [7, 11) is -3.29. The normalized spacial score (nSPS) is 11.7. The topological polar surface area (TPSA) is 58.2 Å². The molecule has 1 rings (SSSR count). The zero-order valence-corrected chi connectivity index (χ0v) is 12.7. The molecule has 0 aliphatic heterocycles. The molecular weight excluding hydrogens is 279 g/mol. The van der Waals surface area contributed by atoms with Crippen LogP contribution in [0.25, 0.3) is 0 Å². The fraction of sp³-hybridized carbons (Fsp3) is 0.571. The second-order valence-corrected chi connectivity index (χ2v) is 6.65. The van der Waals surface area contributed by atoms with Gasteiger partial charge in [-0.1, -0.05) is 19.1 Å². The zero-order chi connectivity index (χ0) is 14.8. The summed E-state index contributed by atoms with van der Waals surface area (Å²) in [4.78, 5) is 0. The molecule has 1 aromatic rings. The predicted molar refractivity (Wildman–Crippen MR) is 79.4 cm³/mol. The summed E-state index contributed by atoms with van der Waals surface area (Å²) < 4.78 is 38.9. The van der Waals surface area contributed by atoms with Crippen LogP contribution in [0.5, 0.6) is 0 Å². The van der Waals surface area contributed by atoms with E-state index in [2.05, 4.69) is 17.0 Å². The first kappa shape index (κ1) is 17.1. The van der Waals surface area contributed by atoms with E-state index < -0.39 is 10.0 Å². The van der Waals surface area contributed by atoms with Crippen LogP contribution in [0.4, 0.5) is 4.39 Å². The van der Waals surface area contributed by atoms with Crippen molar-refractivity contribution in [2.45, 2.75) is 32.7 Å². The Bertz CT molecular complexity index is 492. The molecule has 0 fully saturated rings. The lowest BCUT2D eigenvalue weighted by Gasteiger charge is -2.07. The molecule has 0 aromatic heterocycles. The first-order valence-corrected chi connectivity index (χ1v) is 8.61. The number of hydrogen-bond acceptors (Lipinski definition) is 3. The molecule has 6 heteroatoms. The van der Waals surface area contributed by atoms with Gasteiger partial charge in [0.15, 0.2) is 0 Å².